The number of hydrogen-bond acceptors (Lipinski definition) is 7. The van der Waals surface area contributed by atoms with Crippen LogP contribution in [0.4, 0.5) is 5.82 Å². The lowest BCUT2D eigenvalue weighted by atomic mass is 10.0. The van der Waals surface area contributed by atoms with Crippen LogP contribution in [0.1, 0.15) is 50.9 Å². The molecule has 2 aliphatic heterocycles. The minimum atomic E-state index is -0.236. The molecule has 0 unspecified atom stereocenters. The van der Waals surface area contributed by atoms with Crippen LogP contribution in [0.25, 0.3) is 10.9 Å². The summed E-state index contributed by atoms with van der Waals surface area (Å²) in [6.07, 6.45) is 3.81. The standard InChI is InChI=1S/C25H35N5O3/c1-4-33-25(32)21-11-5-6-12-30(21)17-22-26-23-18(2)9-7-10-20(23)24(27-22)29-14-8-13-28(15-16-29)19(3)31/h7,9-10,21H,4-6,8,11-17H2,1-3H3/t21-/m1/s1. The molecule has 1 aromatic heterocycles. The molecule has 8 nitrogen and oxygen atoms in total. The number of hydrogen-bond donors (Lipinski definition) is 0. The zero-order chi connectivity index (χ0) is 23.4. The second-order valence-electron chi connectivity index (χ2n) is 9.02. The smallest absolute Gasteiger partial charge is 0.323 e. The second kappa shape index (κ2) is 10.5. The third kappa shape index (κ3) is 5.27. The van der Waals surface area contributed by atoms with Gasteiger partial charge in [-0.3, -0.25) is 14.5 Å². The summed E-state index contributed by atoms with van der Waals surface area (Å²) in [7, 11) is 0. The molecular weight excluding hydrogens is 418 g/mol. The number of likely N-dealkylation sites (tertiary alicyclic amines) is 1. The zero-order valence-electron chi connectivity index (χ0n) is 20.0. The van der Waals surface area contributed by atoms with E-state index in [1.54, 1.807) is 6.92 Å². The number of carbonyl (C=O) groups excluding carboxylic acids is 2. The molecule has 0 spiro atoms. The Bertz CT molecular complexity index is 1010. The molecule has 0 radical (unpaired) electrons. The monoisotopic (exact) mass is 453 g/mol. The number of amides is 1. The molecule has 2 saturated heterocycles. The van der Waals surface area contributed by atoms with Crippen molar-refractivity contribution in [1.29, 1.82) is 0 Å². The van der Waals surface area contributed by atoms with E-state index in [1.165, 1.54) is 0 Å². The summed E-state index contributed by atoms with van der Waals surface area (Å²) in [5.41, 5.74) is 2.06. The first-order valence-electron chi connectivity index (χ1n) is 12.1. The third-order valence-corrected chi connectivity index (χ3v) is 6.71. The minimum absolute atomic E-state index is 0.121. The van der Waals surface area contributed by atoms with Crippen molar-refractivity contribution in [1.82, 2.24) is 19.8 Å². The number of aryl methyl sites for hydroxylation is 1. The predicted octanol–water partition coefficient (Wildman–Crippen LogP) is 2.91. The molecule has 1 atom stereocenters. The number of benzene rings is 1. The topological polar surface area (TPSA) is 78.9 Å². The van der Waals surface area contributed by atoms with E-state index in [-0.39, 0.29) is 17.9 Å². The summed E-state index contributed by atoms with van der Waals surface area (Å²) in [5.74, 6) is 1.63. The van der Waals surface area contributed by atoms with E-state index in [0.29, 0.717) is 19.7 Å². The fourth-order valence-corrected chi connectivity index (χ4v) is 4.95. The Morgan fingerprint density at radius 3 is 2.70 bits per heavy atom. The molecule has 33 heavy (non-hydrogen) atoms. The Hall–Kier alpha value is -2.74. The van der Waals surface area contributed by atoms with Crippen LogP contribution < -0.4 is 4.90 Å². The first-order valence-corrected chi connectivity index (χ1v) is 12.1. The molecule has 0 N–H and O–H groups in total. The van der Waals surface area contributed by atoms with Crippen LogP contribution in [0, 0.1) is 6.92 Å². The summed E-state index contributed by atoms with van der Waals surface area (Å²) in [6.45, 7) is 10.4. The average Bonchev–Trinajstić information content (AvgIpc) is 3.06. The number of anilines is 1. The van der Waals surface area contributed by atoms with Crippen LogP contribution in [-0.2, 0) is 20.9 Å². The maximum atomic E-state index is 12.6. The molecule has 3 heterocycles. The highest BCUT2D eigenvalue weighted by Crippen LogP contribution is 2.28. The highest BCUT2D eigenvalue weighted by Gasteiger charge is 2.31. The number of esters is 1. The van der Waals surface area contributed by atoms with Crippen molar-refractivity contribution in [3.8, 4) is 0 Å². The molecule has 0 saturated carbocycles. The fraction of sp³-hybridized carbons (Fsp3) is 0.600. The van der Waals surface area contributed by atoms with Gasteiger partial charge in [-0.2, -0.15) is 0 Å². The predicted molar refractivity (Wildman–Crippen MR) is 128 cm³/mol. The highest BCUT2D eigenvalue weighted by atomic mass is 16.5. The normalized spacial score (nSPS) is 20.0. The van der Waals surface area contributed by atoms with Crippen LogP contribution in [0.15, 0.2) is 18.2 Å². The molecule has 8 heteroatoms. The number of aromatic nitrogens is 2. The van der Waals surface area contributed by atoms with E-state index in [4.69, 9.17) is 14.7 Å². The molecule has 1 aromatic carbocycles. The maximum Gasteiger partial charge on any atom is 0.323 e. The average molecular weight is 454 g/mol. The van der Waals surface area contributed by atoms with Crippen molar-refractivity contribution in [3.05, 3.63) is 29.6 Å². The van der Waals surface area contributed by atoms with Crippen molar-refractivity contribution in [2.45, 2.75) is 59.0 Å². The SMILES string of the molecule is CCOC(=O)[C@H]1CCCCN1Cc1nc(N2CCCN(C(C)=O)CC2)c2cccc(C)c2n1. The second-order valence-corrected chi connectivity index (χ2v) is 9.02. The van der Waals surface area contributed by atoms with E-state index in [1.807, 2.05) is 17.9 Å². The van der Waals surface area contributed by atoms with Gasteiger partial charge < -0.3 is 14.5 Å². The number of nitrogens with zero attached hydrogens (tertiary/aromatic N) is 5. The third-order valence-electron chi connectivity index (χ3n) is 6.71. The van der Waals surface area contributed by atoms with Gasteiger partial charge in [-0.25, -0.2) is 9.97 Å². The lowest BCUT2D eigenvalue weighted by molar-refractivity contribution is -0.151. The summed E-state index contributed by atoms with van der Waals surface area (Å²) in [6, 6.07) is 5.97. The van der Waals surface area contributed by atoms with Crippen molar-refractivity contribution >= 4 is 28.6 Å². The van der Waals surface area contributed by atoms with Gasteiger partial charge in [0.05, 0.1) is 18.7 Å². The van der Waals surface area contributed by atoms with Crippen molar-refractivity contribution < 1.29 is 14.3 Å². The van der Waals surface area contributed by atoms with E-state index < -0.39 is 0 Å². The number of fused-ring (bicyclic) bond motifs is 1. The Balaban J connectivity index is 1.66. The van der Waals surface area contributed by atoms with Gasteiger partial charge in [0.25, 0.3) is 0 Å². The summed E-state index contributed by atoms with van der Waals surface area (Å²) in [5, 5.41) is 1.04. The van der Waals surface area contributed by atoms with E-state index in [9.17, 15) is 9.59 Å². The lowest BCUT2D eigenvalue weighted by Gasteiger charge is -2.33. The Morgan fingerprint density at radius 2 is 1.91 bits per heavy atom. The first-order chi connectivity index (χ1) is 16.0. The highest BCUT2D eigenvalue weighted by molar-refractivity contribution is 5.91. The van der Waals surface area contributed by atoms with Gasteiger partial charge in [0, 0.05) is 38.5 Å². The van der Waals surface area contributed by atoms with Crippen LogP contribution in [0.3, 0.4) is 0 Å². The van der Waals surface area contributed by atoms with Crippen molar-refractivity contribution in [2.75, 3.05) is 44.2 Å². The fourth-order valence-electron chi connectivity index (χ4n) is 4.95. The Morgan fingerprint density at radius 1 is 1.06 bits per heavy atom. The summed E-state index contributed by atoms with van der Waals surface area (Å²) in [4.78, 5) is 40.8. The molecule has 0 aliphatic carbocycles. The number of para-hydroxylation sites is 1. The quantitative estimate of drug-likeness (QED) is 0.644. The maximum absolute atomic E-state index is 12.6. The summed E-state index contributed by atoms with van der Waals surface area (Å²) < 4.78 is 5.34. The molecule has 0 bridgehead atoms. The van der Waals surface area contributed by atoms with Gasteiger partial charge in [0.2, 0.25) is 5.91 Å². The van der Waals surface area contributed by atoms with Crippen molar-refractivity contribution in [3.63, 3.8) is 0 Å². The minimum Gasteiger partial charge on any atom is -0.465 e. The van der Waals surface area contributed by atoms with Crippen molar-refractivity contribution in [2.24, 2.45) is 0 Å². The van der Waals surface area contributed by atoms with E-state index in [0.717, 1.165) is 80.0 Å². The van der Waals surface area contributed by atoms with Gasteiger partial charge in [0.1, 0.15) is 17.7 Å². The van der Waals surface area contributed by atoms with Gasteiger partial charge in [-0.1, -0.05) is 18.6 Å². The molecular formula is C25H35N5O3. The first kappa shape index (κ1) is 23.4. The molecule has 4 rings (SSSR count). The van der Waals surface area contributed by atoms with Gasteiger partial charge in [-0.15, -0.1) is 0 Å². The van der Waals surface area contributed by atoms with Crippen LogP contribution in [0.2, 0.25) is 0 Å². The van der Waals surface area contributed by atoms with Gasteiger partial charge in [-0.05, 0) is 51.3 Å². The number of piperidine rings is 1. The number of rotatable bonds is 5. The number of carbonyl (C=O) groups is 2. The van der Waals surface area contributed by atoms with Gasteiger partial charge in [0.15, 0.2) is 0 Å². The molecule has 2 fully saturated rings. The van der Waals surface area contributed by atoms with Crippen LogP contribution in [-0.4, -0.2) is 77.0 Å². The molecule has 2 aliphatic rings. The molecule has 1 amide bonds. The molecule has 178 valence electrons. The Labute approximate surface area is 195 Å². The number of ether oxygens (including phenoxy) is 1. The van der Waals surface area contributed by atoms with Crippen LogP contribution >= 0.6 is 0 Å². The van der Waals surface area contributed by atoms with E-state index >= 15 is 0 Å². The molecule has 2 aromatic rings. The van der Waals surface area contributed by atoms with E-state index in [2.05, 4.69) is 28.9 Å². The largest absolute Gasteiger partial charge is 0.465 e. The Kier molecular flexibility index (Phi) is 7.42. The lowest BCUT2D eigenvalue weighted by Crippen LogP contribution is -2.45. The van der Waals surface area contributed by atoms with Crippen LogP contribution in [0.5, 0.6) is 0 Å². The zero-order valence-corrected chi connectivity index (χ0v) is 20.0. The summed E-state index contributed by atoms with van der Waals surface area (Å²) >= 11 is 0. The van der Waals surface area contributed by atoms with Gasteiger partial charge >= 0.3 is 5.97 Å².